The molecule has 1 aromatic rings. The number of nitrogens with zero attached hydrogens (tertiary/aromatic N) is 1. The van der Waals surface area contributed by atoms with Crippen molar-refractivity contribution < 1.29 is 4.79 Å². The van der Waals surface area contributed by atoms with Crippen molar-refractivity contribution in [3.63, 3.8) is 0 Å². The van der Waals surface area contributed by atoms with Gasteiger partial charge in [0.1, 0.15) is 0 Å². The SMILES string of the molecule is CC(N)C1CCCCN1C(=O)c1cc2c(s1)CCC2. The average molecular weight is 278 g/mol. The molecule has 3 nitrogen and oxygen atoms in total. The number of fused-ring (bicyclic) bond motifs is 1. The van der Waals surface area contributed by atoms with Crippen LogP contribution >= 0.6 is 11.3 Å². The summed E-state index contributed by atoms with van der Waals surface area (Å²) in [5.41, 5.74) is 7.46. The third-order valence-electron chi connectivity index (χ3n) is 4.37. The maximum absolute atomic E-state index is 12.7. The van der Waals surface area contributed by atoms with Crippen LogP contribution in [0.3, 0.4) is 0 Å². The van der Waals surface area contributed by atoms with E-state index in [0.717, 1.165) is 37.1 Å². The summed E-state index contributed by atoms with van der Waals surface area (Å²) in [5, 5.41) is 0. The summed E-state index contributed by atoms with van der Waals surface area (Å²) in [6.45, 7) is 2.89. The number of aryl methyl sites for hydroxylation is 2. The second kappa shape index (κ2) is 5.25. The standard InChI is InChI=1S/C15H22N2OS/c1-10(16)12-6-2-3-8-17(12)15(18)14-9-11-5-4-7-13(11)19-14/h9-10,12H,2-8,16H2,1H3. The Morgan fingerprint density at radius 1 is 1.42 bits per heavy atom. The summed E-state index contributed by atoms with van der Waals surface area (Å²) in [6.07, 6.45) is 6.91. The zero-order valence-electron chi connectivity index (χ0n) is 11.5. The van der Waals surface area contributed by atoms with E-state index in [1.54, 1.807) is 11.3 Å². The highest BCUT2D eigenvalue weighted by molar-refractivity contribution is 7.14. The van der Waals surface area contributed by atoms with E-state index in [1.807, 2.05) is 11.8 Å². The Bertz CT molecular complexity index is 459. The second-order valence-corrected chi connectivity index (χ2v) is 6.97. The van der Waals surface area contributed by atoms with Gasteiger partial charge in [0.2, 0.25) is 0 Å². The second-order valence-electron chi connectivity index (χ2n) is 5.83. The van der Waals surface area contributed by atoms with Crippen molar-refractivity contribution in [1.82, 2.24) is 4.90 Å². The first-order chi connectivity index (χ1) is 9.16. The Morgan fingerprint density at radius 3 is 3.00 bits per heavy atom. The topological polar surface area (TPSA) is 46.3 Å². The van der Waals surface area contributed by atoms with Crippen LogP contribution in [0.25, 0.3) is 0 Å². The first kappa shape index (κ1) is 13.1. The zero-order chi connectivity index (χ0) is 13.4. The summed E-state index contributed by atoms with van der Waals surface area (Å²) in [4.78, 5) is 17.1. The van der Waals surface area contributed by atoms with E-state index in [2.05, 4.69) is 6.07 Å². The van der Waals surface area contributed by atoms with Crippen LogP contribution in [-0.4, -0.2) is 29.4 Å². The van der Waals surface area contributed by atoms with Crippen molar-refractivity contribution in [1.29, 1.82) is 0 Å². The molecule has 2 unspecified atom stereocenters. The van der Waals surface area contributed by atoms with Crippen LogP contribution in [0.5, 0.6) is 0 Å². The molecule has 0 radical (unpaired) electrons. The summed E-state index contributed by atoms with van der Waals surface area (Å²) in [5.74, 6) is 0.210. The molecule has 2 atom stereocenters. The Morgan fingerprint density at radius 2 is 2.26 bits per heavy atom. The zero-order valence-corrected chi connectivity index (χ0v) is 12.3. The summed E-state index contributed by atoms with van der Waals surface area (Å²) >= 11 is 1.71. The molecule has 2 N–H and O–H groups in total. The fraction of sp³-hybridized carbons (Fsp3) is 0.667. The highest BCUT2D eigenvalue weighted by Crippen LogP contribution is 2.32. The van der Waals surface area contributed by atoms with Gasteiger partial charge in [0.05, 0.1) is 4.88 Å². The van der Waals surface area contributed by atoms with E-state index in [1.165, 1.54) is 23.3 Å². The Balaban J connectivity index is 1.81. The van der Waals surface area contributed by atoms with Gasteiger partial charge in [-0.25, -0.2) is 0 Å². The van der Waals surface area contributed by atoms with Crippen LogP contribution in [0, 0.1) is 0 Å². The largest absolute Gasteiger partial charge is 0.333 e. The molecule has 1 fully saturated rings. The predicted molar refractivity (Wildman–Crippen MR) is 78.7 cm³/mol. The van der Waals surface area contributed by atoms with Crippen LogP contribution in [0.1, 0.15) is 52.7 Å². The normalized spacial score (nSPS) is 24.3. The number of rotatable bonds is 2. The number of thiophene rings is 1. The van der Waals surface area contributed by atoms with Crippen molar-refractivity contribution >= 4 is 17.2 Å². The molecule has 1 aliphatic carbocycles. The lowest BCUT2D eigenvalue weighted by atomic mass is 9.96. The molecule has 2 heterocycles. The third kappa shape index (κ3) is 2.43. The van der Waals surface area contributed by atoms with Crippen LogP contribution < -0.4 is 5.73 Å². The van der Waals surface area contributed by atoms with E-state index >= 15 is 0 Å². The lowest BCUT2D eigenvalue weighted by molar-refractivity contribution is 0.0589. The van der Waals surface area contributed by atoms with Gasteiger partial charge >= 0.3 is 0 Å². The van der Waals surface area contributed by atoms with Gasteiger partial charge in [0.15, 0.2) is 0 Å². The van der Waals surface area contributed by atoms with E-state index in [4.69, 9.17) is 5.73 Å². The minimum Gasteiger partial charge on any atom is -0.333 e. The smallest absolute Gasteiger partial charge is 0.264 e. The summed E-state index contributed by atoms with van der Waals surface area (Å²) < 4.78 is 0. The van der Waals surface area contributed by atoms with Crippen molar-refractivity contribution in [2.24, 2.45) is 5.73 Å². The number of likely N-dealkylation sites (tertiary alicyclic amines) is 1. The van der Waals surface area contributed by atoms with Gasteiger partial charge in [0.25, 0.3) is 5.91 Å². The fourth-order valence-electron chi connectivity index (χ4n) is 3.33. The molecule has 0 bridgehead atoms. The van der Waals surface area contributed by atoms with Crippen molar-refractivity contribution in [2.45, 2.75) is 57.5 Å². The number of amides is 1. The molecule has 104 valence electrons. The van der Waals surface area contributed by atoms with Crippen LogP contribution in [0.15, 0.2) is 6.07 Å². The van der Waals surface area contributed by atoms with E-state index < -0.39 is 0 Å². The first-order valence-electron chi connectivity index (χ1n) is 7.35. The summed E-state index contributed by atoms with van der Waals surface area (Å²) in [6, 6.07) is 2.41. The molecule has 3 rings (SSSR count). The molecule has 0 aromatic carbocycles. The quantitative estimate of drug-likeness (QED) is 0.904. The van der Waals surface area contributed by atoms with E-state index in [9.17, 15) is 4.79 Å². The van der Waals surface area contributed by atoms with Crippen molar-refractivity contribution in [3.8, 4) is 0 Å². The maximum atomic E-state index is 12.7. The molecule has 1 saturated heterocycles. The molecule has 1 aromatic heterocycles. The van der Waals surface area contributed by atoms with Gasteiger partial charge in [-0.2, -0.15) is 0 Å². The number of carbonyl (C=O) groups excluding carboxylic acids is 1. The van der Waals surface area contributed by atoms with E-state index in [-0.39, 0.29) is 18.0 Å². The Kier molecular flexibility index (Phi) is 3.63. The van der Waals surface area contributed by atoms with Gasteiger partial charge in [-0.1, -0.05) is 0 Å². The third-order valence-corrected chi connectivity index (χ3v) is 5.60. The molecule has 19 heavy (non-hydrogen) atoms. The molecule has 0 spiro atoms. The van der Waals surface area contributed by atoms with Crippen LogP contribution in [0.2, 0.25) is 0 Å². The molecule has 2 aliphatic rings. The van der Waals surface area contributed by atoms with Gasteiger partial charge in [-0.05, 0) is 57.1 Å². The molecule has 4 heteroatoms. The minimum absolute atomic E-state index is 0.0658. The van der Waals surface area contributed by atoms with Crippen molar-refractivity contribution in [2.75, 3.05) is 6.54 Å². The van der Waals surface area contributed by atoms with Gasteiger partial charge in [0, 0.05) is 23.5 Å². The average Bonchev–Trinajstić information content (AvgIpc) is 2.98. The Labute approximate surface area is 118 Å². The number of hydrogen-bond donors (Lipinski definition) is 1. The molecule has 1 aliphatic heterocycles. The highest BCUT2D eigenvalue weighted by Gasteiger charge is 2.31. The van der Waals surface area contributed by atoms with Crippen molar-refractivity contribution in [3.05, 3.63) is 21.4 Å². The number of piperidine rings is 1. The monoisotopic (exact) mass is 278 g/mol. The lowest BCUT2D eigenvalue weighted by Crippen LogP contribution is -2.51. The highest BCUT2D eigenvalue weighted by atomic mass is 32.1. The van der Waals surface area contributed by atoms with Gasteiger partial charge in [-0.15, -0.1) is 11.3 Å². The predicted octanol–water partition coefficient (Wildman–Crippen LogP) is 2.58. The fourth-order valence-corrected chi connectivity index (χ4v) is 4.54. The summed E-state index contributed by atoms with van der Waals surface area (Å²) in [7, 11) is 0. The molecule has 1 amide bonds. The number of nitrogens with two attached hydrogens (primary N) is 1. The van der Waals surface area contributed by atoms with Gasteiger partial charge in [-0.3, -0.25) is 4.79 Å². The van der Waals surface area contributed by atoms with Crippen LogP contribution in [0.4, 0.5) is 0 Å². The molecular formula is C15H22N2OS. The molecule has 0 saturated carbocycles. The minimum atomic E-state index is 0.0658. The van der Waals surface area contributed by atoms with Crippen LogP contribution in [-0.2, 0) is 12.8 Å². The van der Waals surface area contributed by atoms with E-state index in [0.29, 0.717) is 0 Å². The number of carbonyl (C=O) groups is 1. The lowest BCUT2D eigenvalue weighted by Gasteiger charge is -2.37. The first-order valence-corrected chi connectivity index (χ1v) is 8.16. The van der Waals surface area contributed by atoms with Gasteiger partial charge < -0.3 is 10.6 Å². The maximum Gasteiger partial charge on any atom is 0.264 e. The molecular weight excluding hydrogens is 256 g/mol. The number of hydrogen-bond acceptors (Lipinski definition) is 3. The Hall–Kier alpha value is -0.870.